The standard InChI is InChI=1S/C41H23N3O/c45-40-30-17-9-8-16-29(30)32-22-34-36(23-33(32)40)44(35-21-19-24-10-4-6-14-27(24)37(34)35)41-42-38(26-12-2-1-3-13-26)31-20-18-25-11-5-7-15-28(25)39(31)43-41/h1-23H. The topological polar surface area (TPSA) is 47.8 Å². The molecule has 0 aliphatic heterocycles. The van der Waals surface area contributed by atoms with Gasteiger partial charge in [0, 0.05) is 38.2 Å². The molecular weight excluding hydrogens is 550 g/mol. The summed E-state index contributed by atoms with van der Waals surface area (Å²) in [4.78, 5) is 24.4. The number of nitrogens with zero attached hydrogens (tertiary/aromatic N) is 3. The average Bonchev–Trinajstić information content (AvgIpc) is 3.58. The predicted octanol–water partition coefficient (Wildman–Crippen LogP) is 9.91. The maximum Gasteiger partial charge on any atom is 0.235 e. The largest absolute Gasteiger partial charge is 0.289 e. The molecule has 4 nitrogen and oxygen atoms in total. The van der Waals surface area contributed by atoms with Crippen LogP contribution >= 0.6 is 0 Å². The smallest absolute Gasteiger partial charge is 0.235 e. The van der Waals surface area contributed by atoms with Crippen LogP contribution in [0.3, 0.4) is 0 Å². The van der Waals surface area contributed by atoms with Crippen LogP contribution in [0.15, 0.2) is 140 Å². The Balaban J connectivity index is 1.39. The molecular formula is C41H23N3O. The van der Waals surface area contributed by atoms with Gasteiger partial charge in [-0.25, -0.2) is 9.97 Å². The Bertz CT molecular complexity index is 2720. The SMILES string of the molecule is O=C1c2ccccc2-c2cc3c4c5ccccc5ccc4n(-c4nc(-c5ccccc5)c5ccc6ccccc6c5n4)c3cc21. The maximum atomic E-state index is 13.7. The van der Waals surface area contributed by atoms with Gasteiger partial charge in [-0.2, -0.15) is 0 Å². The second-order valence-electron chi connectivity index (χ2n) is 11.7. The van der Waals surface area contributed by atoms with E-state index in [1.807, 2.05) is 42.5 Å². The maximum absolute atomic E-state index is 13.7. The Morgan fingerprint density at radius 1 is 0.467 bits per heavy atom. The molecule has 0 spiro atoms. The van der Waals surface area contributed by atoms with E-state index in [0.717, 1.165) is 82.2 Å². The molecule has 0 amide bonds. The first kappa shape index (κ1) is 24.3. The van der Waals surface area contributed by atoms with Crippen molar-refractivity contribution in [2.45, 2.75) is 0 Å². The van der Waals surface area contributed by atoms with E-state index >= 15 is 0 Å². The van der Waals surface area contributed by atoms with E-state index in [-0.39, 0.29) is 5.78 Å². The molecule has 0 saturated heterocycles. The molecule has 2 aromatic heterocycles. The molecule has 0 bridgehead atoms. The molecule has 10 rings (SSSR count). The molecule has 4 heteroatoms. The van der Waals surface area contributed by atoms with Gasteiger partial charge in [-0.3, -0.25) is 9.36 Å². The van der Waals surface area contributed by atoms with E-state index in [1.54, 1.807) is 0 Å². The van der Waals surface area contributed by atoms with Gasteiger partial charge in [0.1, 0.15) is 0 Å². The molecule has 7 aromatic carbocycles. The monoisotopic (exact) mass is 573 g/mol. The quantitative estimate of drug-likeness (QED) is 0.193. The Morgan fingerprint density at radius 3 is 2.00 bits per heavy atom. The summed E-state index contributed by atoms with van der Waals surface area (Å²) in [6.07, 6.45) is 0. The molecule has 1 aliphatic rings. The van der Waals surface area contributed by atoms with E-state index in [1.165, 1.54) is 0 Å². The zero-order valence-corrected chi connectivity index (χ0v) is 24.0. The summed E-state index contributed by atoms with van der Waals surface area (Å²) >= 11 is 0. The van der Waals surface area contributed by atoms with Crippen molar-refractivity contribution in [2.75, 3.05) is 0 Å². The third-order valence-corrected chi connectivity index (χ3v) is 9.33. The van der Waals surface area contributed by atoms with Crippen LogP contribution in [-0.2, 0) is 0 Å². The number of ketones is 1. The summed E-state index contributed by atoms with van der Waals surface area (Å²) in [7, 11) is 0. The number of fused-ring (bicyclic) bond motifs is 11. The second kappa shape index (κ2) is 8.94. The molecule has 0 fully saturated rings. The molecule has 208 valence electrons. The number of aromatic nitrogens is 3. The lowest BCUT2D eigenvalue weighted by Crippen LogP contribution is -2.04. The molecule has 9 aromatic rings. The minimum atomic E-state index is 0.0552. The molecule has 0 unspecified atom stereocenters. The van der Waals surface area contributed by atoms with E-state index in [0.29, 0.717) is 11.5 Å². The first-order chi connectivity index (χ1) is 22.2. The molecule has 45 heavy (non-hydrogen) atoms. The molecule has 2 heterocycles. The normalized spacial score (nSPS) is 12.5. The van der Waals surface area contributed by atoms with Crippen LogP contribution in [0.25, 0.3) is 82.6 Å². The lowest BCUT2D eigenvalue weighted by atomic mass is 10.00. The lowest BCUT2D eigenvalue weighted by Gasteiger charge is -2.13. The lowest BCUT2D eigenvalue weighted by molar-refractivity contribution is 0.104. The van der Waals surface area contributed by atoms with Crippen molar-refractivity contribution in [3.63, 3.8) is 0 Å². The van der Waals surface area contributed by atoms with Crippen molar-refractivity contribution in [2.24, 2.45) is 0 Å². The first-order valence-corrected chi connectivity index (χ1v) is 15.1. The highest BCUT2D eigenvalue weighted by Crippen LogP contribution is 2.44. The molecule has 0 radical (unpaired) electrons. The summed E-state index contributed by atoms with van der Waals surface area (Å²) in [5, 5.41) is 7.74. The average molecular weight is 574 g/mol. The predicted molar refractivity (Wildman–Crippen MR) is 183 cm³/mol. The number of carbonyl (C=O) groups is 1. The third kappa shape index (κ3) is 3.34. The van der Waals surface area contributed by atoms with Crippen LogP contribution in [0.4, 0.5) is 0 Å². The highest BCUT2D eigenvalue weighted by molar-refractivity contribution is 6.27. The van der Waals surface area contributed by atoms with Gasteiger partial charge in [0.25, 0.3) is 0 Å². The summed E-state index contributed by atoms with van der Waals surface area (Å²) in [6.45, 7) is 0. The van der Waals surface area contributed by atoms with Crippen LogP contribution in [0.5, 0.6) is 0 Å². The minimum absolute atomic E-state index is 0.0552. The summed E-state index contributed by atoms with van der Waals surface area (Å²) in [6, 6.07) is 47.9. The van der Waals surface area contributed by atoms with Crippen molar-refractivity contribution >= 4 is 60.0 Å². The fraction of sp³-hybridized carbons (Fsp3) is 0. The van der Waals surface area contributed by atoms with Gasteiger partial charge in [0.05, 0.1) is 22.2 Å². The Morgan fingerprint density at radius 2 is 1.16 bits per heavy atom. The Labute approximate surface area is 257 Å². The molecule has 0 saturated carbocycles. The number of hydrogen-bond acceptors (Lipinski definition) is 3. The van der Waals surface area contributed by atoms with E-state index in [4.69, 9.17) is 9.97 Å². The van der Waals surface area contributed by atoms with Gasteiger partial charge in [-0.1, -0.05) is 115 Å². The summed E-state index contributed by atoms with van der Waals surface area (Å²) < 4.78 is 2.15. The number of benzene rings is 7. The Hall–Kier alpha value is -6.13. The van der Waals surface area contributed by atoms with E-state index in [9.17, 15) is 4.79 Å². The van der Waals surface area contributed by atoms with Gasteiger partial charge in [0.15, 0.2) is 5.78 Å². The van der Waals surface area contributed by atoms with Crippen molar-refractivity contribution in [3.8, 4) is 28.3 Å². The molecule has 1 aliphatic carbocycles. The zero-order valence-electron chi connectivity index (χ0n) is 24.0. The fourth-order valence-electron chi connectivity index (χ4n) is 7.29. The van der Waals surface area contributed by atoms with Gasteiger partial charge >= 0.3 is 0 Å². The van der Waals surface area contributed by atoms with Gasteiger partial charge < -0.3 is 0 Å². The van der Waals surface area contributed by atoms with Gasteiger partial charge in [0.2, 0.25) is 5.95 Å². The van der Waals surface area contributed by atoms with Gasteiger partial charge in [-0.15, -0.1) is 0 Å². The number of rotatable bonds is 2. The van der Waals surface area contributed by atoms with Crippen LogP contribution < -0.4 is 0 Å². The van der Waals surface area contributed by atoms with E-state index < -0.39 is 0 Å². The highest BCUT2D eigenvalue weighted by Gasteiger charge is 2.29. The summed E-state index contributed by atoms with van der Waals surface area (Å²) in [5.41, 5.74) is 8.16. The number of hydrogen-bond donors (Lipinski definition) is 0. The third-order valence-electron chi connectivity index (χ3n) is 9.33. The Kier molecular flexibility index (Phi) is 4.83. The van der Waals surface area contributed by atoms with Crippen molar-refractivity contribution in [1.29, 1.82) is 0 Å². The zero-order chi connectivity index (χ0) is 29.6. The van der Waals surface area contributed by atoms with Crippen LogP contribution in [-0.4, -0.2) is 20.3 Å². The van der Waals surface area contributed by atoms with Crippen LogP contribution in [0.1, 0.15) is 15.9 Å². The molecule has 0 atom stereocenters. The fourth-order valence-corrected chi connectivity index (χ4v) is 7.29. The van der Waals surface area contributed by atoms with Crippen LogP contribution in [0.2, 0.25) is 0 Å². The van der Waals surface area contributed by atoms with Crippen molar-refractivity contribution in [3.05, 3.63) is 151 Å². The van der Waals surface area contributed by atoms with Gasteiger partial charge in [-0.05, 0) is 51.6 Å². The van der Waals surface area contributed by atoms with Crippen LogP contribution in [0, 0.1) is 0 Å². The number of carbonyl (C=O) groups excluding carboxylic acids is 1. The summed E-state index contributed by atoms with van der Waals surface area (Å²) in [5.74, 6) is 0.635. The van der Waals surface area contributed by atoms with E-state index in [2.05, 4.69) is 102 Å². The minimum Gasteiger partial charge on any atom is -0.289 e. The highest BCUT2D eigenvalue weighted by atomic mass is 16.1. The first-order valence-electron chi connectivity index (χ1n) is 15.1. The second-order valence-corrected chi connectivity index (χ2v) is 11.7. The molecule has 0 N–H and O–H groups in total. The van der Waals surface area contributed by atoms with Crippen molar-refractivity contribution < 1.29 is 4.79 Å². The van der Waals surface area contributed by atoms with Crippen molar-refractivity contribution in [1.82, 2.24) is 14.5 Å².